The number of fused-ring (bicyclic) bond motifs is 13. The second kappa shape index (κ2) is 11.1. The van der Waals surface area contributed by atoms with Gasteiger partial charge in [-0.3, -0.25) is 0 Å². The van der Waals surface area contributed by atoms with E-state index < -0.39 is 5.41 Å². The normalized spacial score (nSPS) is 14.2. The van der Waals surface area contributed by atoms with Crippen LogP contribution in [0.3, 0.4) is 0 Å². The molecule has 288 valence electrons. The Bertz CT molecular complexity index is 3850. The summed E-state index contributed by atoms with van der Waals surface area (Å²) in [6.07, 6.45) is 0. The number of aryl methyl sites for hydroxylation is 4. The average molecular weight is 787 g/mol. The first-order valence-corrected chi connectivity index (χ1v) is 22.1. The van der Waals surface area contributed by atoms with E-state index in [4.69, 9.17) is 0 Å². The van der Waals surface area contributed by atoms with Crippen LogP contribution in [0, 0.1) is 27.7 Å². The van der Waals surface area contributed by atoms with Crippen LogP contribution in [0.1, 0.15) is 44.5 Å². The van der Waals surface area contributed by atoms with Crippen molar-refractivity contribution >= 4 is 66.6 Å². The van der Waals surface area contributed by atoms with E-state index >= 15 is 0 Å². The monoisotopic (exact) mass is 786 g/mol. The Hall–Kier alpha value is -7.36. The Morgan fingerprint density at radius 1 is 0.435 bits per heavy atom. The van der Waals surface area contributed by atoms with Gasteiger partial charge in [0, 0.05) is 38.6 Å². The lowest BCUT2D eigenvalue weighted by Gasteiger charge is -2.44. The first-order chi connectivity index (χ1) is 30.4. The highest BCUT2D eigenvalue weighted by Crippen LogP contribution is 2.62. The lowest BCUT2D eigenvalue weighted by molar-refractivity contribution is 0.746. The Labute approximate surface area is 360 Å². The van der Waals surface area contributed by atoms with Crippen LogP contribution in [0.4, 0.5) is 0 Å². The van der Waals surface area contributed by atoms with Crippen molar-refractivity contribution in [1.82, 2.24) is 9.13 Å². The van der Waals surface area contributed by atoms with E-state index in [1.165, 1.54) is 149 Å². The van der Waals surface area contributed by atoms with Crippen molar-refractivity contribution < 1.29 is 0 Å². The third-order valence-electron chi connectivity index (χ3n) is 15.2. The summed E-state index contributed by atoms with van der Waals surface area (Å²) < 4.78 is 5.42. The molecule has 3 aliphatic heterocycles. The molecule has 0 atom stereocenters. The van der Waals surface area contributed by atoms with Gasteiger partial charge < -0.3 is 9.13 Å². The summed E-state index contributed by atoms with van der Waals surface area (Å²) in [5, 5.41) is 6.63. The molecule has 0 unspecified atom stereocenters. The third-order valence-corrected chi connectivity index (χ3v) is 15.2. The van der Waals surface area contributed by atoms with Crippen LogP contribution < -0.4 is 16.4 Å². The Morgan fingerprint density at radius 3 is 1.77 bits per heavy atom. The average Bonchev–Trinajstić information content (AvgIpc) is 3.91. The largest absolute Gasteiger partial charge is 0.310 e. The molecule has 2 aromatic heterocycles. The van der Waals surface area contributed by atoms with Crippen molar-refractivity contribution in [2.75, 3.05) is 0 Å². The van der Waals surface area contributed by atoms with Crippen LogP contribution in [0.5, 0.6) is 0 Å². The van der Waals surface area contributed by atoms with Gasteiger partial charge in [0.2, 0.25) is 0 Å². The molecule has 0 amide bonds. The maximum Gasteiger partial charge on any atom is 0.252 e. The van der Waals surface area contributed by atoms with Gasteiger partial charge in [-0.1, -0.05) is 168 Å². The summed E-state index contributed by atoms with van der Waals surface area (Å²) in [4.78, 5) is 0. The molecule has 1 spiro atoms. The van der Waals surface area contributed by atoms with Crippen molar-refractivity contribution in [3.8, 4) is 44.9 Å². The molecule has 0 fully saturated rings. The number of nitrogens with zero attached hydrogens (tertiary/aromatic N) is 2. The second-order valence-corrected chi connectivity index (χ2v) is 18.7. The molecule has 62 heavy (non-hydrogen) atoms. The fourth-order valence-corrected chi connectivity index (χ4v) is 13.1. The standard InChI is InChI=1S/C59H39BN2/c1-32-19-21-40-41-22-20-33(2)28-46(41)59(45(40)27-32)44-23-24-50-53-57(44)62-55-42(25-34(3)29-47(55)59)43-26-35(4)30-48(56(43)62)60(53)49-31-38-17-11-12-18-39(38)52-51(36-13-7-5-8-14-36)54(61(50)58(49)52)37-15-9-6-10-16-37/h5-31H,1-4H3. The number of aromatic nitrogens is 2. The molecular weight excluding hydrogens is 747 g/mol. The molecule has 0 saturated heterocycles. The fourth-order valence-electron chi connectivity index (χ4n) is 13.1. The number of rotatable bonds is 2. The molecule has 0 N–H and O–H groups in total. The van der Waals surface area contributed by atoms with Gasteiger partial charge in [0.05, 0.1) is 22.1 Å². The lowest BCUT2D eigenvalue weighted by atomic mass is 9.33. The van der Waals surface area contributed by atoms with Gasteiger partial charge >= 0.3 is 0 Å². The predicted octanol–water partition coefficient (Wildman–Crippen LogP) is 12.3. The van der Waals surface area contributed by atoms with E-state index in [1.54, 1.807) is 0 Å². The van der Waals surface area contributed by atoms with E-state index in [9.17, 15) is 0 Å². The van der Waals surface area contributed by atoms with Crippen LogP contribution in [-0.4, -0.2) is 15.8 Å². The van der Waals surface area contributed by atoms with Crippen molar-refractivity contribution in [3.05, 3.63) is 208 Å². The molecule has 0 saturated carbocycles. The summed E-state index contributed by atoms with van der Waals surface area (Å²) in [7, 11) is 0. The van der Waals surface area contributed by atoms with Crippen LogP contribution in [0.15, 0.2) is 164 Å². The molecular formula is C59H39BN2. The molecule has 9 aromatic carbocycles. The summed E-state index contributed by atoms with van der Waals surface area (Å²) in [6.45, 7) is 9.17. The first-order valence-electron chi connectivity index (χ1n) is 22.1. The molecule has 15 rings (SSSR count). The predicted molar refractivity (Wildman–Crippen MR) is 260 cm³/mol. The van der Waals surface area contributed by atoms with Gasteiger partial charge in [0.15, 0.2) is 0 Å². The van der Waals surface area contributed by atoms with Crippen molar-refractivity contribution in [2.45, 2.75) is 33.1 Å². The van der Waals surface area contributed by atoms with Crippen LogP contribution in [0.25, 0.3) is 88.4 Å². The van der Waals surface area contributed by atoms with Gasteiger partial charge in [0.1, 0.15) is 0 Å². The van der Waals surface area contributed by atoms with Gasteiger partial charge in [0.25, 0.3) is 6.71 Å². The summed E-state index contributed by atoms with van der Waals surface area (Å²) >= 11 is 0. The number of hydrogen-bond acceptors (Lipinski definition) is 0. The quantitative estimate of drug-likeness (QED) is 0.155. The van der Waals surface area contributed by atoms with Gasteiger partial charge in [-0.15, -0.1) is 0 Å². The van der Waals surface area contributed by atoms with E-state index in [2.05, 4.69) is 201 Å². The van der Waals surface area contributed by atoms with E-state index in [0.29, 0.717) is 0 Å². The first kappa shape index (κ1) is 33.4. The topological polar surface area (TPSA) is 9.86 Å². The third kappa shape index (κ3) is 3.71. The molecule has 1 aliphatic carbocycles. The van der Waals surface area contributed by atoms with Crippen molar-refractivity contribution in [2.24, 2.45) is 0 Å². The zero-order chi connectivity index (χ0) is 40.9. The van der Waals surface area contributed by atoms with Crippen molar-refractivity contribution in [1.29, 1.82) is 0 Å². The van der Waals surface area contributed by atoms with E-state index in [-0.39, 0.29) is 6.71 Å². The zero-order valence-corrected chi connectivity index (χ0v) is 35.1. The molecule has 3 heteroatoms. The minimum Gasteiger partial charge on any atom is -0.310 e. The SMILES string of the molecule is Cc1ccc2c(c1)C1(c3cc(C)ccc3-2)c2ccc3c4c2-n2c5c(cc(C)cc5c5cc(C)cc1c52)B4c1cc2ccccc2c2c(-c4ccccc4)c(-c4ccccc4)n-3c12. The van der Waals surface area contributed by atoms with Crippen LogP contribution >= 0.6 is 0 Å². The molecule has 0 radical (unpaired) electrons. The van der Waals surface area contributed by atoms with Gasteiger partial charge in [-0.05, 0) is 118 Å². The van der Waals surface area contributed by atoms with Gasteiger partial charge in [-0.2, -0.15) is 0 Å². The highest BCUT2D eigenvalue weighted by molar-refractivity contribution is 7.00. The molecule has 11 aromatic rings. The highest BCUT2D eigenvalue weighted by Gasteiger charge is 2.54. The Kier molecular flexibility index (Phi) is 5.98. The van der Waals surface area contributed by atoms with E-state index in [0.717, 1.165) is 0 Å². The molecule has 5 heterocycles. The Morgan fingerprint density at radius 2 is 1.05 bits per heavy atom. The van der Waals surface area contributed by atoms with Gasteiger partial charge in [-0.25, -0.2) is 0 Å². The second-order valence-electron chi connectivity index (χ2n) is 18.7. The zero-order valence-electron chi connectivity index (χ0n) is 35.1. The summed E-state index contributed by atoms with van der Waals surface area (Å²) in [6, 6.07) is 63.5. The van der Waals surface area contributed by atoms with Crippen LogP contribution in [-0.2, 0) is 5.41 Å². The fraction of sp³-hybridized carbons (Fsp3) is 0.0847. The maximum absolute atomic E-state index is 2.74. The smallest absolute Gasteiger partial charge is 0.252 e. The highest BCUT2D eigenvalue weighted by atomic mass is 15.1. The van der Waals surface area contributed by atoms with E-state index in [1.807, 2.05) is 0 Å². The van der Waals surface area contributed by atoms with Crippen molar-refractivity contribution in [3.63, 3.8) is 0 Å². The summed E-state index contributed by atoms with van der Waals surface area (Å²) in [5.74, 6) is 0. The molecule has 4 aliphatic rings. The minimum atomic E-state index is -0.508. The minimum absolute atomic E-state index is 0.0241. The molecule has 2 nitrogen and oxygen atoms in total. The maximum atomic E-state index is 2.74. The Balaban J connectivity index is 1.23. The summed E-state index contributed by atoms with van der Waals surface area (Å²) in [5.41, 5.74) is 28.9. The molecule has 0 bridgehead atoms. The van der Waals surface area contributed by atoms with Crippen LogP contribution in [0.2, 0.25) is 0 Å². The number of hydrogen-bond donors (Lipinski definition) is 0. The lowest BCUT2D eigenvalue weighted by Crippen LogP contribution is -2.60. The number of benzene rings is 9.